The van der Waals surface area contributed by atoms with E-state index < -0.39 is 0 Å². The number of hydrogen-bond donors (Lipinski definition) is 2. The van der Waals surface area contributed by atoms with Crippen LogP contribution < -0.4 is 5.73 Å². The van der Waals surface area contributed by atoms with Gasteiger partial charge >= 0.3 is 0 Å². The molecule has 0 amide bonds. The highest BCUT2D eigenvalue weighted by atomic mass is 14.7. The second kappa shape index (κ2) is 4.67. The van der Waals surface area contributed by atoms with Gasteiger partial charge in [-0.2, -0.15) is 0 Å². The molecule has 0 aliphatic heterocycles. The number of aromatic amines is 1. The van der Waals surface area contributed by atoms with Crippen molar-refractivity contribution in [2.24, 2.45) is 5.73 Å². The zero-order valence-electron chi connectivity index (χ0n) is 10.2. The molecule has 2 nitrogen and oxygen atoms in total. The molecule has 0 saturated heterocycles. The van der Waals surface area contributed by atoms with Gasteiger partial charge in [-0.15, -0.1) is 0 Å². The largest absolute Gasteiger partial charge is 0.354 e. The summed E-state index contributed by atoms with van der Waals surface area (Å²) < 4.78 is 0. The van der Waals surface area contributed by atoms with Crippen LogP contribution in [0.15, 0.2) is 48.5 Å². The number of nitrogens with one attached hydrogen (secondary N) is 1. The van der Waals surface area contributed by atoms with Crippen molar-refractivity contribution in [1.82, 2.24) is 4.98 Å². The van der Waals surface area contributed by atoms with Crippen molar-refractivity contribution in [3.05, 3.63) is 54.1 Å². The van der Waals surface area contributed by atoms with E-state index in [1.807, 2.05) is 0 Å². The van der Waals surface area contributed by atoms with Crippen LogP contribution in [0.5, 0.6) is 0 Å². The van der Waals surface area contributed by atoms with Crippen molar-refractivity contribution in [2.45, 2.75) is 6.42 Å². The highest BCUT2D eigenvalue weighted by Crippen LogP contribution is 2.26. The molecule has 0 bridgehead atoms. The fourth-order valence-electron chi connectivity index (χ4n) is 2.29. The molecule has 0 atom stereocenters. The van der Waals surface area contributed by atoms with Gasteiger partial charge in [-0.25, -0.2) is 0 Å². The summed E-state index contributed by atoms with van der Waals surface area (Å²) in [5, 5.41) is 2.56. The first-order valence-electron chi connectivity index (χ1n) is 6.25. The van der Waals surface area contributed by atoms with Crippen molar-refractivity contribution in [2.75, 3.05) is 6.54 Å². The zero-order chi connectivity index (χ0) is 12.4. The van der Waals surface area contributed by atoms with Gasteiger partial charge in [0.2, 0.25) is 0 Å². The molecule has 0 spiro atoms. The number of nitrogens with two attached hydrogens (primary N) is 1. The number of rotatable bonds is 3. The Balaban J connectivity index is 2.09. The summed E-state index contributed by atoms with van der Waals surface area (Å²) in [6.45, 7) is 0.700. The molecule has 1 aromatic heterocycles. The molecular formula is C16H16N2. The molecule has 3 N–H and O–H groups in total. The van der Waals surface area contributed by atoms with Crippen LogP contribution in [-0.4, -0.2) is 11.5 Å². The lowest BCUT2D eigenvalue weighted by molar-refractivity contribution is 1.01. The lowest BCUT2D eigenvalue weighted by Gasteiger charge is -1.95. The first-order valence-corrected chi connectivity index (χ1v) is 6.25. The quantitative estimate of drug-likeness (QED) is 0.715. The number of aromatic nitrogens is 1. The molecule has 18 heavy (non-hydrogen) atoms. The summed E-state index contributed by atoms with van der Waals surface area (Å²) in [5.41, 5.74) is 9.06. The third-order valence-electron chi connectivity index (χ3n) is 3.17. The highest BCUT2D eigenvalue weighted by molar-refractivity contribution is 6.07. The van der Waals surface area contributed by atoms with Gasteiger partial charge < -0.3 is 10.7 Å². The summed E-state index contributed by atoms with van der Waals surface area (Å²) in [6.07, 6.45) is 5.16. The fourth-order valence-corrected chi connectivity index (χ4v) is 2.29. The lowest BCUT2D eigenvalue weighted by Crippen LogP contribution is -1.94. The minimum Gasteiger partial charge on any atom is -0.354 e. The Morgan fingerprint density at radius 1 is 1.00 bits per heavy atom. The molecule has 0 unspecified atom stereocenters. The van der Waals surface area contributed by atoms with Gasteiger partial charge in [0.15, 0.2) is 0 Å². The van der Waals surface area contributed by atoms with Gasteiger partial charge in [0.25, 0.3) is 0 Å². The van der Waals surface area contributed by atoms with Gasteiger partial charge in [-0.3, -0.25) is 0 Å². The number of benzene rings is 2. The fraction of sp³-hybridized carbons (Fsp3) is 0.125. The van der Waals surface area contributed by atoms with Crippen molar-refractivity contribution in [3.63, 3.8) is 0 Å². The predicted molar refractivity (Wildman–Crippen MR) is 78.5 cm³/mol. The molecule has 3 aromatic rings. The zero-order valence-corrected chi connectivity index (χ0v) is 10.2. The van der Waals surface area contributed by atoms with E-state index in [1.54, 1.807) is 0 Å². The van der Waals surface area contributed by atoms with Crippen molar-refractivity contribution in [3.8, 4) is 0 Å². The molecular weight excluding hydrogens is 220 g/mol. The van der Waals surface area contributed by atoms with E-state index in [1.165, 1.54) is 27.4 Å². The maximum Gasteiger partial charge on any atom is 0.0470 e. The molecule has 0 aliphatic carbocycles. The smallest absolute Gasteiger partial charge is 0.0470 e. The molecule has 0 radical (unpaired) electrons. The van der Waals surface area contributed by atoms with Gasteiger partial charge in [0.1, 0.15) is 0 Å². The third kappa shape index (κ3) is 1.91. The first-order chi connectivity index (χ1) is 8.88. The number of H-pyrrole nitrogens is 1. The van der Waals surface area contributed by atoms with Crippen LogP contribution in [0.4, 0.5) is 0 Å². The van der Waals surface area contributed by atoms with Crippen molar-refractivity contribution < 1.29 is 0 Å². The summed E-state index contributed by atoms with van der Waals surface area (Å²) in [7, 11) is 0. The van der Waals surface area contributed by atoms with Gasteiger partial charge in [0.05, 0.1) is 0 Å². The minimum atomic E-state index is 0.700. The molecule has 90 valence electrons. The van der Waals surface area contributed by atoms with Crippen LogP contribution in [0, 0.1) is 0 Å². The summed E-state index contributed by atoms with van der Waals surface area (Å²) in [4.78, 5) is 3.45. The monoisotopic (exact) mass is 236 g/mol. The van der Waals surface area contributed by atoms with Crippen LogP contribution >= 0.6 is 0 Å². The minimum absolute atomic E-state index is 0.700. The van der Waals surface area contributed by atoms with Gasteiger partial charge in [-0.1, -0.05) is 42.5 Å². The summed E-state index contributed by atoms with van der Waals surface area (Å²) in [6, 6.07) is 14.9. The Morgan fingerprint density at radius 2 is 1.83 bits per heavy atom. The van der Waals surface area contributed by atoms with Gasteiger partial charge in [-0.05, 0) is 30.7 Å². The molecule has 2 aromatic carbocycles. The number of hydrogen-bond acceptors (Lipinski definition) is 1. The van der Waals surface area contributed by atoms with Crippen LogP contribution in [0.2, 0.25) is 0 Å². The molecule has 0 saturated carbocycles. The average molecular weight is 236 g/mol. The Hall–Kier alpha value is -2.06. The molecule has 0 aliphatic rings. The van der Waals surface area contributed by atoms with E-state index in [0.717, 1.165) is 6.42 Å². The Labute approximate surface area is 106 Å². The topological polar surface area (TPSA) is 41.8 Å². The SMILES string of the molecule is NCCC=Cc1ccc2c(c1)[nH]c1ccccc12. The molecule has 0 fully saturated rings. The maximum atomic E-state index is 5.48. The molecule has 3 rings (SSSR count). The summed E-state index contributed by atoms with van der Waals surface area (Å²) >= 11 is 0. The van der Waals surface area contributed by atoms with Gasteiger partial charge in [0, 0.05) is 21.8 Å². The second-order valence-electron chi connectivity index (χ2n) is 4.46. The van der Waals surface area contributed by atoms with Crippen LogP contribution in [0.1, 0.15) is 12.0 Å². The van der Waals surface area contributed by atoms with E-state index in [0.29, 0.717) is 6.54 Å². The summed E-state index contributed by atoms with van der Waals surface area (Å²) in [5.74, 6) is 0. The number of fused-ring (bicyclic) bond motifs is 3. The van der Waals surface area contributed by atoms with Crippen molar-refractivity contribution in [1.29, 1.82) is 0 Å². The number of para-hydroxylation sites is 1. The Bertz CT molecular complexity index is 707. The Morgan fingerprint density at radius 3 is 2.72 bits per heavy atom. The van der Waals surface area contributed by atoms with Crippen molar-refractivity contribution >= 4 is 27.9 Å². The van der Waals surface area contributed by atoms with Crippen LogP contribution in [0.3, 0.4) is 0 Å². The second-order valence-corrected chi connectivity index (χ2v) is 4.46. The molecule has 1 heterocycles. The lowest BCUT2D eigenvalue weighted by atomic mass is 10.1. The van der Waals surface area contributed by atoms with Crippen LogP contribution in [-0.2, 0) is 0 Å². The van der Waals surface area contributed by atoms with Crippen LogP contribution in [0.25, 0.3) is 27.9 Å². The van der Waals surface area contributed by atoms with E-state index in [9.17, 15) is 0 Å². The Kier molecular flexibility index (Phi) is 2.87. The first kappa shape index (κ1) is 11.1. The standard InChI is InChI=1S/C16H16N2/c17-10-4-3-5-12-8-9-14-13-6-1-2-7-15(13)18-16(14)11-12/h1-3,5-9,11,18H,4,10,17H2. The third-order valence-corrected chi connectivity index (χ3v) is 3.17. The van der Waals surface area contributed by atoms with E-state index in [2.05, 4.69) is 59.6 Å². The van der Waals surface area contributed by atoms with E-state index in [4.69, 9.17) is 5.73 Å². The predicted octanol–water partition coefficient (Wildman–Crippen LogP) is 3.68. The normalized spacial score (nSPS) is 11.8. The van der Waals surface area contributed by atoms with E-state index >= 15 is 0 Å². The van der Waals surface area contributed by atoms with E-state index in [-0.39, 0.29) is 0 Å². The maximum absolute atomic E-state index is 5.48. The highest BCUT2D eigenvalue weighted by Gasteiger charge is 2.02. The average Bonchev–Trinajstić information content (AvgIpc) is 2.76. The molecule has 2 heteroatoms.